The summed E-state index contributed by atoms with van der Waals surface area (Å²) in [7, 11) is -3.09. The molecule has 1 aromatic heterocycles. The van der Waals surface area contributed by atoms with Crippen LogP contribution >= 0.6 is 0 Å². The number of hydrogen-bond donors (Lipinski definition) is 1. The topological polar surface area (TPSA) is 98.1 Å². The maximum atomic E-state index is 12.7. The van der Waals surface area contributed by atoms with Gasteiger partial charge in [0, 0.05) is 18.0 Å². The third-order valence-corrected chi connectivity index (χ3v) is 5.96. The highest BCUT2D eigenvalue weighted by molar-refractivity contribution is 7.91. The molecule has 1 N–H and O–H groups in total. The number of amides is 1. The normalized spacial score (nSPS) is 19.4. The van der Waals surface area contributed by atoms with Gasteiger partial charge in [0.05, 0.1) is 16.9 Å². The number of nitrogens with zero attached hydrogens (tertiary/aromatic N) is 2. The summed E-state index contributed by atoms with van der Waals surface area (Å²) >= 11 is 0. The average molecular weight is 363 g/mol. The Morgan fingerprint density at radius 1 is 1.32 bits per heavy atom. The van der Waals surface area contributed by atoms with Crippen LogP contribution in [0.4, 0.5) is 0 Å². The smallest absolute Gasteiger partial charge is 0.274 e. The van der Waals surface area contributed by atoms with Crippen LogP contribution in [0.3, 0.4) is 0 Å². The largest absolute Gasteiger partial charge is 0.347 e. The molecule has 0 unspecified atom stereocenters. The van der Waals surface area contributed by atoms with Crippen LogP contribution in [0.25, 0.3) is 10.8 Å². The quantitative estimate of drug-likeness (QED) is 0.873. The fourth-order valence-corrected chi connectivity index (χ4v) is 4.71. The first-order chi connectivity index (χ1) is 11.8. The Bertz CT molecular complexity index is 979. The molecule has 8 heteroatoms. The van der Waals surface area contributed by atoms with Gasteiger partial charge in [-0.05, 0) is 18.4 Å². The molecular weight excluding hydrogens is 342 g/mol. The van der Waals surface area contributed by atoms with Crippen molar-refractivity contribution >= 4 is 26.5 Å². The second-order valence-electron chi connectivity index (χ2n) is 6.85. The molecule has 2 heterocycles. The van der Waals surface area contributed by atoms with Crippen molar-refractivity contribution in [3.63, 3.8) is 0 Å². The van der Waals surface area contributed by atoms with Gasteiger partial charge in [0.15, 0.2) is 15.5 Å². The van der Waals surface area contributed by atoms with Crippen LogP contribution in [0, 0.1) is 5.92 Å². The van der Waals surface area contributed by atoms with E-state index in [9.17, 15) is 18.0 Å². The van der Waals surface area contributed by atoms with Crippen molar-refractivity contribution in [2.45, 2.75) is 32.9 Å². The highest BCUT2D eigenvalue weighted by atomic mass is 32.2. The van der Waals surface area contributed by atoms with E-state index < -0.39 is 21.8 Å². The van der Waals surface area contributed by atoms with Gasteiger partial charge in [-0.2, -0.15) is 5.10 Å². The molecule has 7 nitrogen and oxygen atoms in total. The van der Waals surface area contributed by atoms with Crippen LogP contribution in [0.1, 0.15) is 30.8 Å². The minimum Gasteiger partial charge on any atom is -0.347 e. The predicted octanol–water partition coefficient (Wildman–Crippen LogP) is 0.969. The number of rotatable bonds is 4. The molecule has 2 aromatic rings. The van der Waals surface area contributed by atoms with Gasteiger partial charge in [-0.3, -0.25) is 9.59 Å². The summed E-state index contributed by atoms with van der Waals surface area (Å²) in [4.78, 5) is 25.2. The molecule has 25 heavy (non-hydrogen) atoms. The van der Waals surface area contributed by atoms with Crippen LogP contribution in [-0.4, -0.2) is 41.7 Å². The van der Waals surface area contributed by atoms with Gasteiger partial charge in [0.25, 0.3) is 11.5 Å². The maximum absolute atomic E-state index is 12.7. The van der Waals surface area contributed by atoms with Gasteiger partial charge in [-0.1, -0.05) is 32.0 Å². The third-order valence-electron chi connectivity index (χ3n) is 4.19. The first-order valence-electron chi connectivity index (χ1n) is 8.28. The zero-order valence-electron chi connectivity index (χ0n) is 14.2. The molecule has 1 saturated heterocycles. The van der Waals surface area contributed by atoms with Gasteiger partial charge >= 0.3 is 0 Å². The van der Waals surface area contributed by atoms with Crippen molar-refractivity contribution < 1.29 is 13.2 Å². The molecule has 1 aromatic carbocycles. The predicted molar refractivity (Wildman–Crippen MR) is 95.4 cm³/mol. The number of nitrogens with one attached hydrogen (secondary N) is 1. The number of fused-ring (bicyclic) bond motifs is 1. The van der Waals surface area contributed by atoms with Crippen LogP contribution < -0.4 is 10.9 Å². The molecule has 1 aliphatic rings. The maximum Gasteiger partial charge on any atom is 0.274 e. The van der Waals surface area contributed by atoms with Gasteiger partial charge in [-0.25, -0.2) is 13.1 Å². The van der Waals surface area contributed by atoms with Crippen LogP contribution in [-0.2, 0) is 16.4 Å². The Kier molecular flexibility index (Phi) is 4.64. The van der Waals surface area contributed by atoms with Crippen LogP contribution in [0.15, 0.2) is 29.1 Å². The van der Waals surface area contributed by atoms with Crippen molar-refractivity contribution in [3.8, 4) is 0 Å². The Labute approximate surface area is 146 Å². The second kappa shape index (κ2) is 6.59. The molecule has 134 valence electrons. The lowest BCUT2D eigenvalue weighted by Crippen LogP contribution is -2.38. The number of sulfone groups is 1. The van der Waals surface area contributed by atoms with Crippen molar-refractivity contribution in [2.24, 2.45) is 5.92 Å². The zero-order chi connectivity index (χ0) is 18.2. The SMILES string of the molecule is CC(C)Cn1nc(C(=O)N[C@H]2CCS(=O)(=O)C2)c2ccccc2c1=O. The van der Waals surface area contributed by atoms with E-state index in [2.05, 4.69) is 10.4 Å². The van der Waals surface area contributed by atoms with E-state index in [1.807, 2.05) is 13.8 Å². The minimum absolute atomic E-state index is 0.0533. The highest BCUT2D eigenvalue weighted by Crippen LogP contribution is 2.16. The molecule has 0 spiro atoms. The number of benzene rings is 1. The summed E-state index contributed by atoms with van der Waals surface area (Å²) in [6.07, 6.45) is 0.400. The van der Waals surface area contributed by atoms with Gasteiger partial charge in [-0.15, -0.1) is 0 Å². The standard InChI is InChI=1S/C17H21N3O4S/c1-11(2)9-20-17(22)14-6-4-3-5-13(14)15(19-20)16(21)18-12-7-8-25(23,24)10-12/h3-6,11-12H,7-10H2,1-2H3,(H,18,21)/t12-/m0/s1. The molecular formula is C17H21N3O4S. The minimum atomic E-state index is -3.09. The van der Waals surface area contributed by atoms with E-state index in [1.165, 1.54) is 4.68 Å². The van der Waals surface area contributed by atoms with E-state index in [-0.39, 0.29) is 28.7 Å². The van der Waals surface area contributed by atoms with Gasteiger partial charge in [0.2, 0.25) is 0 Å². The number of carbonyl (C=O) groups excluding carboxylic acids is 1. The molecule has 0 aliphatic carbocycles. The number of hydrogen-bond acceptors (Lipinski definition) is 5. The summed E-state index contributed by atoms with van der Waals surface area (Å²) in [5.41, 5.74) is -0.0792. The number of carbonyl (C=O) groups is 1. The first kappa shape index (κ1) is 17.6. The Morgan fingerprint density at radius 2 is 2.00 bits per heavy atom. The lowest BCUT2D eigenvalue weighted by molar-refractivity contribution is 0.0935. The summed E-state index contributed by atoms with van der Waals surface area (Å²) in [6.45, 7) is 4.33. The summed E-state index contributed by atoms with van der Waals surface area (Å²) in [6, 6.07) is 6.43. The number of aromatic nitrogens is 2. The van der Waals surface area contributed by atoms with Crippen molar-refractivity contribution in [2.75, 3.05) is 11.5 Å². The molecule has 1 amide bonds. The molecule has 0 radical (unpaired) electrons. The zero-order valence-corrected chi connectivity index (χ0v) is 15.0. The molecule has 0 saturated carbocycles. The molecule has 3 rings (SSSR count). The first-order valence-corrected chi connectivity index (χ1v) is 10.1. The van der Waals surface area contributed by atoms with Gasteiger partial charge < -0.3 is 5.32 Å². The Hall–Kier alpha value is -2.22. The second-order valence-corrected chi connectivity index (χ2v) is 9.08. The molecule has 1 atom stereocenters. The molecule has 1 aliphatic heterocycles. The lowest BCUT2D eigenvalue weighted by Gasteiger charge is -2.14. The lowest BCUT2D eigenvalue weighted by atomic mass is 10.1. The molecule has 1 fully saturated rings. The van der Waals surface area contributed by atoms with Crippen LogP contribution in [0.2, 0.25) is 0 Å². The fourth-order valence-electron chi connectivity index (χ4n) is 3.04. The van der Waals surface area contributed by atoms with Crippen molar-refractivity contribution in [3.05, 3.63) is 40.3 Å². The van der Waals surface area contributed by atoms with E-state index in [0.29, 0.717) is 23.7 Å². The van der Waals surface area contributed by atoms with Crippen molar-refractivity contribution in [1.82, 2.24) is 15.1 Å². The Morgan fingerprint density at radius 3 is 2.60 bits per heavy atom. The van der Waals surface area contributed by atoms with Crippen molar-refractivity contribution in [1.29, 1.82) is 0 Å². The van der Waals surface area contributed by atoms with E-state index in [0.717, 1.165) is 0 Å². The monoisotopic (exact) mass is 363 g/mol. The highest BCUT2D eigenvalue weighted by Gasteiger charge is 2.30. The van der Waals surface area contributed by atoms with Crippen LogP contribution in [0.5, 0.6) is 0 Å². The average Bonchev–Trinajstić information content (AvgIpc) is 2.88. The Balaban J connectivity index is 2.01. The van der Waals surface area contributed by atoms with E-state index in [1.54, 1.807) is 24.3 Å². The third kappa shape index (κ3) is 3.73. The van der Waals surface area contributed by atoms with E-state index >= 15 is 0 Å². The van der Waals surface area contributed by atoms with E-state index in [4.69, 9.17) is 0 Å². The fraction of sp³-hybridized carbons (Fsp3) is 0.471. The van der Waals surface area contributed by atoms with Gasteiger partial charge in [0.1, 0.15) is 0 Å². The summed E-state index contributed by atoms with van der Waals surface area (Å²) < 4.78 is 24.5. The molecule has 0 bridgehead atoms. The summed E-state index contributed by atoms with van der Waals surface area (Å²) in [5.74, 6) is -0.223. The summed E-state index contributed by atoms with van der Waals surface area (Å²) in [5, 5.41) is 7.92.